The molecule has 1 fully saturated rings. The molecule has 3 aromatic rings. The summed E-state index contributed by atoms with van der Waals surface area (Å²) in [7, 11) is -4.85. The first-order valence-electron chi connectivity index (χ1n) is 10.3. The van der Waals surface area contributed by atoms with E-state index in [9.17, 15) is 24.4 Å². The Balaban J connectivity index is 1.63. The molecule has 1 saturated heterocycles. The maximum absolute atomic E-state index is 13.1. The minimum atomic E-state index is -4.85. The fraction of sp³-hybridized carbons (Fsp3) is 0.286. The lowest BCUT2D eigenvalue weighted by atomic mass is 10.1. The van der Waals surface area contributed by atoms with Gasteiger partial charge in [-0.1, -0.05) is 41.9 Å². The van der Waals surface area contributed by atoms with Crippen molar-refractivity contribution < 1.29 is 33.8 Å². The molecule has 0 radical (unpaired) electrons. The van der Waals surface area contributed by atoms with Crippen molar-refractivity contribution in [3.05, 3.63) is 86.4 Å². The predicted molar refractivity (Wildman–Crippen MR) is 123 cm³/mol. The molecule has 0 spiro atoms. The van der Waals surface area contributed by atoms with E-state index >= 15 is 0 Å². The number of halogens is 1. The van der Waals surface area contributed by atoms with Crippen LogP contribution in [0.2, 0.25) is 5.02 Å². The van der Waals surface area contributed by atoms with Crippen molar-refractivity contribution in [2.24, 2.45) is 0 Å². The summed E-state index contributed by atoms with van der Waals surface area (Å²) in [6.07, 6.45) is -3.50. The highest BCUT2D eigenvalue weighted by Crippen LogP contribution is 2.38. The Bertz CT molecular complexity index is 1370. The molecule has 0 unspecified atom stereocenters. The number of ether oxygens (including phenoxy) is 1. The van der Waals surface area contributed by atoms with Crippen molar-refractivity contribution in [2.75, 3.05) is 6.61 Å². The van der Waals surface area contributed by atoms with Crippen molar-refractivity contribution in [1.29, 1.82) is 0 Å². The Morgan fingerprint density at radius 2 is 1.83 bits per heavy atom. The molecule has 14 heteroatoms. The van der Waals surface area contributed by atoms with Crippen molar-refractivity contribution in [1.82, 2.24) is 14.1 Å². The van der Waals surface area contributed by atoms with Gasteiger partial charge in [-0.2, -0.15) is 0 Å². The number of rotatable bonds is 7. The molecular formula is C21H21ClN3O9P. The standard InChI is InChI=1S/C21H21ClN3O9P/c22-15-9-23-13(8-14(15)12-4-2-1-3-5-12)10-25-17(26)6-7-24(21(25)29)20-19(28)18(27)16(34-20)11-33-35(30,31)32/h1-9,16,18-20,27-28H,10-11H2,(H2,30,31,32)/t16-,18+,19+,20-/m1/s1. The zero-order chi connectivity index (χ0) is 25.3. The maximum atomic E-state index is 13.1. The van der Waals surface area contributed by atoms with E-state index in [2.05, 4.69) is 9.51 Å². The van der Waals surface area contributed by atoms with Crippen molar-refractivity contribution in [2.45, 2.75) is 31.1 Å². The average molecular weight is 526 g/mol. The summed E-state index contributed by atoms with van der Waals surface area (Å²) in [6.45, 7) is -0.948. The van der Waals surface area contributed by atoms with Crippen molar-refractivity contribution in [3.63, 3.8) is 0 Å². The van der Waals surface area contributed by atoms with Crippen LogP contribution in [0.4, 0.5) is 0 Å². The first-order chi connectivity index (χ1) is 16.5. The predicted octanol–water partition coefficient (Wildman–Crippen LogP) is 0.502. The van der Waals surface area contributed by atoms with E-state index in [1.54, 1.807) is 6.07 Å². The molecule has 4 atom stereocenters. The van der Waals surface area contributed by atoms with Gasteiger partial charge in [-0.05, 0) is 11.6 Å². The van der Waals surface area contributed by atoms with E-state index in [0.29, 0.717) is 16.3 Å². The van der Waals surface area contributed by atoms with Gasteiger partial charge in [0.2, 0.25) is 0 Å². The second kappa shape index (κ2) is 10.1. The lowest BCUT2D eigenvalue weighted by Gasteiger charge is -2.19. The summed E-state index contributed by atoms with van der Waals surface area (Å²) in [4.78, 5) is 47.5. The number of phosphoric acid groups is 1. The summed E-state index contributed by atoms with van der Waals surface area (Å²) in [5.41, 5.74) is 0.346. The number of aliphatic hydroxyl groups is 2. The van der Waals surface area contributed by atoms with Crippen LogP contribution in [-0.2, 0) is 20.4 Å². The Hall–Kier alpha value is -2.67. The van der Waals surface area contributed by atoms with Gasteiger partial charge < -0.3 is 24.7 Å². The van der Waals surface area contributed by atoms with Crippen LogP contribution in [0.3, 0.4) is 0 Å². The van der Waals surface area contributed by atoms with Crippen LogP contribution in [0, 0.1) is 0 Å². The van der Waals surface area contributed by atoms with E-state index < -0.39 is 50.2 Å². The van der Waals surface area contributed by atoms with Crippen LogP contribution in [0.25, 0.3) is 11.1 Å². The lowest BCUT2D eigenvalue weighted by molar-refractivity contribution is -0.0548. The van der Waals surface area contributed by atoms with E-state index in [-0.39, 0.29) is 6.54 Å². The van der Waals surface area contributed by atoms with E-state index in [0.717, 1.165) is 27.0 Å². The van der Waals surface area contributed by atoms with Crippen LogP contribution >= 0.6 is 19.4 Å². The van der Waals surface area contributed by atoms with Crippen LogP contribution in [0.1, 0.15) is 11.9 Å². The largest absolute Gasteiger partial charge is 0.469 e. The van der Waals surface area contributed by atoms with Crippen LogP contribution in [-0.4, -0.2) is 59.0 Å². The summed E-state index contributed by atoms with van der Waals surface area (Å²) in [5.74, 6) is 0. The first kappa shape index (κ1) is 25.4. The van der Waals surface area contributed by atoms with Gasteiger partial charge in [-0.15, -0.1) is 0 Å². The smallest absolute Gasteiger partial charge is 0.387 e. The van der Waals surface area contributed by atoms with Crippen LogP contribution in [0.5, 0.6) is 0 Å². The third-order valence-electron chi connectivity index (χ3n) is 5.43. The second-order valence-electron chi connectivity index (χ2n) is 7.78. The minimum absolute atomic E-state index is 0.217. The Morgan fingerprint density at radius 1 is 1.11 bits per heavy atom. The third kappa shape index (κ3) is 5.61. The summed E-state index contributed by atoms with van der Waals surface area (Å²) in [5, 5.41) is 21.0. The Morgan fingerprint density at radius 3 is 2.51 bits per heavy atom. The normalized spacial score (nSPS) is 22.4. The third-order valence-corrected chi connectivity index (χ3v) is 6.22. The number of nitrogens with zero attached hydrogens (tertiary/aromatic N) is 3. The molecule has 1 aromatic carbocycles. The fourth-order valence-corrected chi connectivity index (χ4v) is 4.26. The van der Waals surface area contributed by atoms with Gasteiger partial charge in [-0.3, -0.25) is 23.4 Å². The number of hydrogen-bond donors (Lipinski definition) is 4. The van der Waals surface area contributed by atoms with Crippen molar-refractivity contribution in [3.8, 4) is 11.1 Å². The summed E-state index contributed by atoms with van der Waals surface area (Å²) in [6, 6.07) is 12.0. The molecule has 186 valence electrons. The highest BCUT2D eigenvalue weighted by atomic mass is 35.5. The van der Waals surface area contributed by atoms with Gasteiger partial charge in [-0.25, -0.2) is 9.36 Å². The van der Waals surface area contributed by atoms with E-state index in [1.807, 2.05) is 30.3 Å². The zero-order valence-corrected chi connectivity index (χ0v) is 19.6. The molecule has 0 aliphatic carbocycles. The topological polar surface area (TPSA) is 173 Å². The molecule has 4 rings (SSSR count). The number of aromatic nitrogens is 3. The molecule has 12 nitrogen and oxygen atoms in total. The van der Waals surface area contributed by atoms with E-state index in [4.69, 9.17) is 26.1 Å². The molecule has 1 aliphatic rings. The number of phosphoric ester groups is 1. The molecule has 4 N–H and O–H groups in total. The molecule has 0 bridgehead atoms. The minimum Gasteiger partial charge on any atom is -0.387 e. The Labute approximate surface area is 202 Å². The van der Waals surface area contributed by atoms with Gasteiger partial charge in [0.1, 0.15) is 18.3 Å². The number of benzene rings is 1. The lowest BCUT2D eigenvalue weighted by Crippen LogP contribution is -2.43. The monoisotopic (exact) mass is 525 g/mol. The maximum Gasteiger partial charge on any atom is 0.469 e. The van der Waals surface area contributed by atoms with Gasteiger partial charge in [0, 0.05) is 24.0 Å². The number of pyridine rings is 1. The van der Waals surface area contributed by atoms with Crippen molar-refractivity contribution >= 4 is 19.4 Å². The molecule has 35 heavy (non-hydrogen) atoms. The Kier molecular flexibility index (Phi) is 7.36. The quantitative estimate of drug-likeness (QED) is 0.318. The zero-order valence-electron chi connectivity index (χ0n) is 17.9. The number of aliphatic hydroxyl groups excluding tert-OH is 2. The first-order valence-corrected chi connectivity index (χ1v) is 12.2. The molecule has 0 amide bonds. The molecule has 2 aromatic heterocycles. The van der Waals surface area contributed by atoms with Gasteiger partial charge in [0.25, 0.3) is 5.56 Å². The SMILES string of the molecule is O=c1ccn([C@@H]2O[C@H](COP(=O)(O)O)[C@H](O)[C@@H]2O)c(=O)n1Cc1cc(-c2ccccc2)c(Cl)cn1. The highest BCUT2D eigenvalue weighted by molar-refractivity contribution is 7.46. The van der Waals surface area contributed by atoms with Crippen LogP contribution in [0.15, 0.2) is 64.4 Å². The average Bonchev–Trinajstić information content (AvgIpc) is 3.10. The van der Waals surface area contributed by atoms with Gasteiger partial charge in [0.15, 0.2) is 6.23 Å². The molecule has 1 aliphatic heterocycles. The van der Waals surface area contributed by atoms with Crippen LogP contribution < -0.4 is 11.2 Å². The summed E-state index contributed by atoms with van der Waals surface area (Å²) >= 11 is 6.28. The van der Waals surface area contributed by atoms with E-state index in [1.165, 1.54) is 6.20 Å². The second-order valence-corrected chi connectivity index (χ2v) is 9.43. The van der Waals surface area contributed by atoms with Gasteiger partial charge >= 0.3 is 13.5 Å². The fourth-order valence-electron chi connectivity index (χ4n) is 3.71. The summed E-state index contributed by atoms with van der Waals surface area (Å²) < 4.78 is 22.5. The van der Waals surface area contributed by atoms with Gasteiger partial charge in [0.05, 0.1) is 23.9 Å². The number of hydrogen-bond acceptors (Lipinski definition) is 8. The highest BCUT2D eigenvalue weighted by Gasteiger charge is 2.45. The molecule has 3 heterocycles. The molecule has 0 saturated carbocycles. The molecular weight excluding hydrogens is 505 g/mol.